The first-order valence-electron chi connectivity index (χ1n) is 5.59. The Morgan fingerprint density at radius 1 is 1.38 bits per heavy atom. The molecule has 1 aliphatic rings. The van der Waals surface area contributed by atoms with Crippen molar-refractivity contribution in [1.82, 2.24) is 5.32 Å². The average molecular weight is 226 g/mol. The molecule has 0 heterocycles. The zero-order valence-corrected chi connectivity index (χ0v) is 9.05. The van der Waals surface area contributed by atoms with Crippen molar-refractivity contribution >= 4 is 0 Å². The molecular weight excluding hydrogens is 210 g/mol. The van der Waals surface area contributed by atoms with Crippen LogP contribution in [0.25, 0.3) is 0 Å². The maximum Gasteiger partial charge on any atom is 0.163 e. The molecular formula is C12H16F2N2. The number of nitrogens with one attached hydrogen (secondary N) is 1. The molecule has 1 aliphatic carbocycles. The van der Waals surface area contributed by atoms with E-state index >= 15 is 0 Å². The maximum atomic E-state index is 13.5. The molecule has 0 aliphatic heterocycles. The van der Waals surface area contributed by atoms with Crippen LogP contribution in [0.1, 0.15) is 24.4 Å². The molecule has 2 rings (SSSR count). The number of hydrogen-bond donors (Lipinski definition) is 2. The van der Waals surface area contributed by atoms with E-state index in [1.54, 1.807) is 6.07 Å². The third-order valence-corrected chi connectivity index (χ3v) is 2.94. The van der Waals surface area contributed by atoms with Crippen LogP contribution in [0.2, 0.25) is 0 Å². The molecule has 0 saturated heterocycles. The van der Waals surface area contributed by atoms with E-state index in [2.05, 4.69) is 5.32 Å². The van der Waals surface area contributed by atoms with E-state index in [-0.39, 0.29) is 12.6 Å². The van der Waals surface area contributed by atoms with Gasteiger partial charge in [-0.3, -0.25) is 0 Å². The molecule has 1 unspecified atom stereocenters. The molecule has 1 fully saturated rings. The van der Waals surface area contributed by atoms with Crippen molar-refractivity contribution in [1.29, 1.82) is 0 Å². The molecule has 0 amide bonds. The zero-order valence-electron chi connectivity index (χ0n) is 9.05. The second kappa shape index (κ2) is 4.89. The molecule has 2 nitrogen and oxygen atoms in total. The summed E-state index contributed by atoms with van der Waals surface area (Å²) in [6.07, 6.45) is 2.44. The van der Waals surface area contributed by atoms with Gasteiger partial charge in [0.25, 0.3) is 0 Å². The van der Waals surface area contributed by atoms with Crippen LogP contribution in [-0.4, -0.2) is 13.1 Å². The minimum atomic E-state index is -0.816. The van der Waals surface area contributed by atoms with Crippen LogP contribution in [-0.2, 0) is 0 Å². The molecule has 0 radical (unpaired) electrons. The lowest BCUT2D eigenvalue weighted by atomic mass is 10.1. The summed E-state index contributed by atoms with van der Waals surface area (Å²) >= 11 is 0. The van der Waals surface area contributed by atoms with Crippen LogP contribution in [0.5, 0.6) is 0 Å². The van der Waals surface area contributed by atoms with Crippen LogP contribution < -0.4 is 11.1 Å². The van der Waals surface area contributed by atoms with Gasteiger partial charge in [0.05, 0.1) is 0 Å². The highest BCUT2D eigenvalue weighted by Crippen LogP contribution is 2.28. The predicted octanol–water partition coefficient (Wildman–Crippen LogP) is 1.96. The molecule has 0 aromatic heterocycles. The summed E-state index contributed by atoms with van der Waals surface area (Å²) in [5.41, 5.74) is 5.90. The Labute approximate surface area is 93.8 Å². The normalized spacial score (nSPS) is 17.4. The number of benzene rings is 1. The van der Waals surface area contributed by atoms with Crippen LogP contribution >= 0.6 is 0 Å². The Morgan fingerprint density at radius 3 is 2.75 bits per heavy atom. The summed E-state index contributed by atoms with van der Waals surface area (Å²) in [5.74, 6) is -0.920. The van der Waals surface area contributed by atoms with Crippen molar-refractivity contribution in [2.45, 2.75) is 18.9 Å². The van der Waals surface area contributed by atoms with Gasteiger partial charge >= 0.3 is 0 Å². The van der Waals surface area contributed by atoms with Gasteiger partial charge < -0.3 is 11.1 Å². The highest BCUT2D eigenvalue weighted by Gasteiger charge is 2.23. The monoisotopic (exact) mass is 226 g/mol. The summed E-state index contributed by atoms with van der Waals surface area (Å²) < 4.78 is 26.6. The minimum absolute atomic E-state index is 0.271. The second-order valence-corrected chi connectivity index (χ2v) is 4.28. The van der Waals surface area contributed by atoms with Crippen LogP contribution in [0, 0.1) is 17.6 Å². The lowest BCUT2D eigenvalue weighted by molar-refractivity contribution is 0.459. The Bertz CT molecular complexity index is 364. The number of halogens is 2. The first kappa shape index (κ1) is 11.5. The number of hydrogen-bond acceptors (Lipinski definition) is 2. The van der Waals surface area contributed by atoms with Crippen molar-refractivity contribution in [3.05, 3.63) is 35.4 Å². The molecule has 0 spiro atoms. The van der Waals surface area contributed by atoms with Gasteiger partial charge in [0.2, 0.25) is 0 Å². The third kappa shape index (κ3) is 2.57. The Hall–Kier alpha value is -1.00. The Morgan fingerprint density at radius 2 is 2.12 bits per heavy atom. The van der Waals surface area contributed by atoms with Crippen LogP contribution in [0.3, 0.4) is 0 Å². The average Bonchev–Trinajstić information content (AvgIpc) is 3.08. The molecule has 1 atom stereocenters. The van der Waals surface area contributed by atoms with E-state index in [0.717, 1.165) is 12.6 Å². The van der Waals surface area contributed by atoms with E-state index < -0.39 is 11.6 Å². The standard InChI is InChI=1S/C12H16F2N2/c13-10-3-1-2-9(12(10)14)11(6-15)16-7-8-4-5-8/h1-3,8,11,16H,4-7,15H2. The fraction of sp³-hybridized carbons (Fsp3) is 0.500. The Kier molecular flexibility index (Phi) is 3.51. The van der Waals surface area contributed by atoms with Crippen molar-refractivity contribution in [2.24, 2.45) is 11.7 Å². The zero-order chi connectivity index (χ0) is 11.5. The van der Waals surface area contributed by atoms with E-state index in [0.29, 0.717) is 11.5 Å². The van der Waals surface area contributed by atoms with Crippen molar-refractivity contribution in [3.63, 3.8) is 0 Å². The van der Waals surface area contributed by atoms with Crippen molar-refractivity contribution in [3.8, 4) is 0 Å². The van der Waals surface area contributed by atoms with E-state index in [1.165, 1.54) is 18.9 Å². The first-order chi connectivity index (χ1) is 7.72. The summed E-state index contributed by atoms with van der Waals surface area (Å²) in [6, 6.07) is 3.91. The van der Waals surface area contributed by atoms with Gasteiger partial charge in [0.1, 0.15) is 0 Å². The van der Waals surface area contributed by atoms with Crippen LogP contribution in [0.15, 0.2) is 18.2 Å². The molecule has 4 heteroatoms. The lowest BCUT2D eigenvalue weighted by Crippen LogP contribution is -2.30. The largest absolute Gasteiger partial charge is 0.329 e. The fourth-order valence-corrected chi connectivity index (χ4v) is 1.74. The Balaban J connectivity index is 2.08. The minimum Gasteiger partial charge on any atom is -0.329 e. The fourth-order valence-electron chi connectivity index (χ4n) is 1.74. The molecule has 1 aromatic carbocycles. The molecule has 1 aromatic rings. The van der Waals surface area contributed by atoms with Crippen LogP contribution in [0.4, 0.5) is 8.78 Å². The quantitative estimate of drug-likeness (QED) is 0.805. The first-order valence-corrected chi connectivity index (χ1v) is 5.59. The van der Waals surface area contributed by atoms with Gasteiger partial charge in [-0.05, 0) is 31.4 Å². The molecule has 3 N–H and O–H groups in total. The van der Waals surface area contributed by atoms with Gasteiger partial charge in [0.15, 0.2) is 11.6 Å². The van der Waals surface area contributed by atoms with E-state index in [4.69, 9.17) is 5.73 Å². The lowest BCUT2D eigenvalue weighted by Gasteiger charge is -2.17. The summed E-state index contributed by atoms with van der Waals surface area (Å²) in [6.45, 7) is 1.10. The smallest absolute Gasteiger partial charge is 0.163 e. The van der Waals surface area contributed by atoms with Gasteiger partial charge in [-0.2, -0.15) is 0 Å². The van der Waals surface area contributed by atoms with Gasteiger partial charge in [-0.15, -0.1) is 0 Å². The topological polar surface area (TPSA) is 38.0 Å². The van der Waals surface area contributed by atoms with Crippen molar-refractivity contribution < 1.29 is 8.78 Å². The highest BCUT2D eigenvalue weighted by atomic mass is 19.2. The number of nitrogens with two attached hydrogens (primary N) is 1. The summed E-state index contributed by atoms with van der Waals surface area (Å²) in [5, 5.41) is 3.18. The SMILES string of the molecule is NCC(NCC1CC1)c1cccc(F)c1F. The van der Waals surface area contributed by atoms with E-state index in [1.807, 2.05) is 0 Å². The summed E-state index contributed by atoms with van der Waals surface area (Å²) in [7, 11) is 0. The maximum absolute atomic E-state index is 13.5. The third-order valence-electron chi connectivity index (χ3n) is 2.94. The molecule has 1 saturated carbocycles. The molecule has 16 heavy (non-hydrogen) atoms. The van der Waals surface area contributed by atoms with Gasteiger partial charge in [-0.1, -0.05) is 12.1 Å². The second-order valence-electron chi connectivity index (χ2n) is 4.28. The molecule has 0 bridgehead atoms. The van der Waals surface area contributed by atoms with Crippen molar-refractivity contribution in [2.75, 3.05) is 13.1 Å². The van der Waals surface area contributed by atoms with Gasteiger partial charge in [0, 0.05) is 18.2 Å². The highest BCUT2D eigenvalue weighted by molar-refractivity contribution is 5.22. The van der Waals surface area contributed by atoms with E-state index in [9.17, 15) is 8.78 Å². The number of rotatable bonds is 5. The predicted molar refractivity (Wildman–Crippen MR) is 58.9 cm³/mol. The summed E-state index contributed by atoms with van der Waals surface area (Å²) in [4.78, 5) is 0. The molecule has 88 valence electrons. The van der Waals surface area contributed by atoms with Gasteiger partial charge in [-0.25, -0.2) is 8.78 Å².